The number of aromatic nitrogens is 2. The number of hydrogen-bond donors (Lipinski definition) is 0. The van der Waals surface area contributed by atoms with Crippen molar-refractivity contribution < 1.29 is 4.73 Å². The van der Waals surface area contributed by atoms with Crippen molar-refractivity contribution in [2.24, 2.45) is 0 Å². The van der Waals surface area contributed by atoms with Gasteiger partial charge in [0.2, 0.25) is 5.69 Å². The van der Waals surface area contributed by atoms with Crippen LogP contribution in [0.2, 0.25) is 0 Å². The molecule has 106 valence electrons. The van der Waals surface area contributed by atoms with Crippen molar-refractivity contribution in [3.8, 4) is 21.8 Å². The van der Waals surface area contributed by atoms with E-state index in [0.29, 0.717) is 5.69 Å². The standard InChI is InChI=1S/C17H16N2OS/c1-3-15-18-16(13-8-6-7-12(2)11-13)17(21-15)14-9-4-5-10-19(14)20/h4-11H,3H2,1-2H3. The van der Waals surface area contributed by atoms with Crippen molar-refractivity contribution in [1.29, 1.82) is 0 Å². The van der Waals surface area contributed by atoms with Crippen molar-refractivity contribution in [2.45, 2.75) is 20.3 Å². The zero-order valence-corrected chi connectivity index (χ0v) is 12.9. The average molecular weight is 296 g/mol. The molecular weight excluding hydrogens is 280 g/mol. The second-order valence-electron chi connectivity index (χ2n) is 4.92. The molecule has 0 aliphatic heterocycles. The maximum Gasteiger partial charge on any atom is 0.236 e. The number of aryl methyl sites for hydroxylation is 2. The van der Waals surface area contributed by atoms with Gasteiger partial charge >= 0.3 is 0 Å². The van der Waals surface area contributed by atoms with Gasteiger partial charge in [-0.25, -0.2) is 4.98 Å². The Morgan fingerprint density at radius 2 is 2.05 bits per heavy atom. The molecule has 0 fully saturated rings. The minimum absolute atomic E-state index is 0.659. The SMILES string of the molecule is CCc1nc(-c2cccc(C)c2)c(-c2cccc[n+]2[O-])s1. The van der Waals surface area contributed by atoms with Crippen molar-refractivity contribution in [2.75, 3.05) is 0 Å². The number of benzene rings is 1. The first kappa shape index (κ1) is 13.8. The largest absolute Gasteiger partial charge is 0.618 e. The van der Waals surface area contributed by atoms with E-state index >= 15 is 0 Å². The fraction of sp³-hybridized carbons (Fsp3) is 0.176. The first-order valence-electron chi connectivity index (χ1n) is 6.94. The minimum Gasteiger partial charge on any atom is -0.618 e. The minimum atomic E-state index is 0.659. The van der Waals surface area contributed by atoms with Crippen molar-refractivity contribution in [3.05, 3.63) is 64.4 Å². The summed E-state index contributed by atoms with van der Waals surface area (Å²) < 4.78 is 0.909. The Kier molecular flexibility index (Phi) is 3.71. The van der Waals surface area contributed by atoms with Crippen molar-refractivity contribution >= 4 is 11.3 Å². The monoisotopic (exact) mass is 296 g/mol. The quantitative estimate of drug-likeness (QED) is 0.542. The Morgan fingerprint density at radius 1 is 1.19 bits per heavy atom. The topological polar surface area (TPSA) is 39.8 Å². The number of nitrogens with zero attached hydrogens (tertiary/aromatic N) is 2. The predicted molar refractivity (Wildman–Crippen MR) is 86.1 cm³/mol. The van der Waals surface area contributed by atoms with E-state index in [1.165, 1.54) is 11.8 Å². The molecule has 3 aromatic rings. The molecule has 0 unspecified atom stereocenters. The summed E-state index contributed by atoms with van der Waals surface area (Å²) in [5.74, 6) is 0. The predicted octanol–water partition coefficient (Wildman–Crippen LogP) is 3.98. The van der Waals surface area contributed by atoms with E-state index in [1.807, 2.05) is 24.3 Å². The highest BCUT2D eigenvalue weighted by atomic mass is 32.1. The highest BCUT2D eigenvalue weighted by Crippen LogP contribution is 2.35. The van der Waals surface area contributed by atoms with Gasteiger partial charge in [0.05, 0.1) is 10.7 Å². The second kappa shape index (κ2) is 5.66. The highest BCUT2D eigenvalue weighted by molar-refractivity contribution is 7.15. The molecule has 4 heteroatoms. The summed E-state index contributed by atoms with van der Waals surface area (Å²) in [6.07, 6.45) is 2.40. The van der Waals surface area contributed by atoms with E-state index in [1.54, 1.807) is 17.4 Å². The normalized spacial score (nSPS) is 10.8. The van der Waals surface area contributed by atoms with Gasteiger partial charge in [-0.3, -0.25) is 0 Å². The summed E-state index contributed by atoms with van der Waals surface area (Å²) >= 11 is 1.60. The van der Waals surface area contributed by atoms with Gasteiger partial charge in [0.15, 0.2) is 6.20 Å². The smallest absolute Gasteiger partial charge is 0.236 e. The molecular formula is C17H16N2OS. The van der Waals surface area contributed by atoms with Crippen LogP contribution >= 0.6 is 11.3 Å². The Labute approximate surface area is 128 Å². The van der Waals surface area contributed by atoms with Gasteiger partial charge in [-0.15, -0.1) is 11.3 Å². The van der Waals surface area contributed by atoms with Crippen LogP contribution in [0.5, 0.6) is 0 Å². The third-order valence-corrected chi connectivity index (χ3v) is 4.54. The molecule has 0 aliphatic rings. The molecule has 0 spiro atoms. The molecule has 0 amide bonds. The molecule has 0 saturated heterocycles. The van der Waals surface area contributed by atoms with Crippen molar-refractivity contribution in [1.82, 2.24) is 4.98 Å². The summed E-state index contributed by atoms with van der Waals surface area (Å²) in [7, 11) is 0. The van der Waals surface area contributed by atoms with Crippen LogP contribution in [0.4, 0.5) is 0 Å². The van der Waals surface area contributed by atoms with Crippen LogP contribution in [0, 0.1) is 12.1 Å². The lowest BCUT2D eigenvalue weighted by Crippen LogP contribution is -2.27. The van der Waals surface area contributed by atoms with Crippen molar-refractivity contribution in [3.63, 3.8) is 0 Å². The lowest BCUT2D eigenvalue weighted by molar-refractivity contribution is -0.593. The van der Waals surface area contributed by atoms with Gasteiger partial charge in [0.25, 0.3) is 0 Å². The van der Waals surface area contributed by atoms with Crippen LogP contribution in [0.25, 0.3) is 21.8 Å². The van der Waals surface area contributed by atoms with Gasteiger partial charge in [-0.2, -0.15) is 4.73 Å². The highest BCUT2D eigenvalue weighted by Gasteiger charge is 2.19. The van der Waals surface area contributed by atoms with Gasteiger partial charge in [0.1, 0.15) is 4.88 Å². The molecule has 0 aliphatic carbocycles. The second-order valence-corrected chi connectivity index (χ2v) is 6.00. The van der Waals surface area contributed by atoms with Gasteiger partial charge in [-0.05, 0) is 25.5 Å². The van der Waals surface area contributed by atoms with Crippen LogP contribution in [0.15, 0.2) is 48.7 Å². The number of hydrogen-bond acceptors (Lipinski definition) is 3. The Morgan fingerprint density at radius 3 is 2.76 bits per heavy atom. The fourth-order valence-corrected chi connectivity index (χ4v) is 3.32. The molecule has 3 nitrogen and oxygen atoms in total. The third-order valence-electron chi connectivity index (χ3n) is 3.32. The molecule has 21 heavy (non-hydrogen) atoms. The molecule has 0 N–H and O–H groups in total. The average Bonchev–Trinajstić information content (AvgIpc) is 2.92. The molecule has 0 radical (unpaired) electrons. The van der Waals surface area contributed by atoms with Crippen LogP contribution in [-0.4, -0.2) is 4.98 Å². The number of thiazole rings is 1. The Bertz CT molecular complexity index is 780. The maximum atomic E-state index is 12.1. The van der Waals surface area contributed by atoms with E-state index in [9.17, 15) is 5.21 Å². The first-order valence-corrected chi connectivity index (χ1v) is 7.76. The van der Waals surface area contributed by atoms with Gasteiger partial charge in [-0.1, -0.05) is 30.7 Å². The molecule has 0 bridgehead atoms. The Hall–Kier alpha value is -2.20. The maximum absolute atomic E-state index is 12.1. The fourth-order valence-electron chi connectivity index (χ4n) is 2.28. The molecule has 1 aromatic carbocycles. The lowest BCUT2D eigenvalue weighted by Gasteiger charge is -2.04. The zero-order chi connectivity index (χ0) is 14.8. The van der Waals surface area contributed by atoms with Crippen LogP contribution < -0.4 is 4.73 Å². The van der Waals surface area contributed by atoms with Crippen LogP contribution in [0.3, 0.4) is 0 Å². The number of rotatable bonds is 3. The van der Waals surface area contributed by atoms with E-state index < -0.39 is 0 Å². The third kappa shape index (κ3) is 2.67. The summed E-state index contributed by atoms with van der Waals surface area (Å²) in [4.78, 5) is 5.66. The van der Waals surface area contributed by atoms with Crippen LogP contribution in [0.1, 0.15) is 17.5 Å². The van der Waals surface area contributed by atoms with E-state index in [-0.39, 0.29) is 0 Å². The summed E-state index contributed by atoms with van der Waals surface area (Å²) in [5.41, 5.74) is 3.81. The summed E-state index contributed by atoms with van der Waals surface area (Å²) in [6.45, 7) is 4.14. The van der Waals surface area contributed by atoms with Gasteiger partial charge in [0, 0.05) is 17.7 Å². The lowest BCUT2D eigenvalue weighted by atomic mass is 10.1. The molecule has 0 atom stereocenters. The Balaban J connectivity index is 2.21. The van der Waals surface area contributed by atoms with Crippen LogP contribution in [-0.2, 0) is 6.42 Å². The summed E-state index contributed by atoms with van der Waals surface area (Å²) in [6, 6.07) is 13.7. The van der Waals surface area contributed by atoms with E-state index in [4.69, 9.17) is 4.98 Å². The molecule has 2 aromatic heterocycles. The zero-order valence-electron chi connectivity index (χ0n) is 12.0. The van der Waals surface area contributed by atoms with E-state index in [2.05, 4.69) is 26.0 Å². The first-order chi connectivity index (χ1) is 10.2. The molecule has 3 rings (SSSR count). The molecule has 0 saturated carbocycles. The number of pyridine rings is 1. The van der Waals surface area contributed by atoms with Gasteiger partial charge < -0.3 is 5.21 Å². The van der Waals surface area contributed by atoms with E-state index in [0.717, 1.165) is 32.3 Å². The summed E-state index contributed by atoms with van der Waals surface area (Å²) in [5, 5.41) is 13.1. The molecule has 2 heterocycles.